The van der Waals surface area contributed by atoms with Crippen molar-refractivity contribution in [1.29, 1.82) is 0 Å². The van der Waals surface area contributed by atoms with Crippen LogP contribution in [0.1, 0.15) is 30.1 Å². The van der Waals surface area contributed by atoms with Crippen LogP contribution in [0.5, 0.6) is 0 Å². The number of amides is 1. The van der Waals surface area contributed by atoms with Crippen molar-refractivity contribution < 1.29 is 4.79 Å². The van der Waals surface area contributed by atoms with Gasteiger partial charge in [-0.05, 0) is 31.7 Å². The Morgan fingerprint density at radius 2 is 2.46 bits per heavy atom. The van der Waals surface area contributed by atoms with Crippen LogP contribution in [0, 0.1) is 5.92 Å². The Bertz CT molecular complexity index is 288. The highest BCUT2D eigenvalue weighted by molar-refractivity contribution is 5.94. The molecule has 1 atom stereocenters. The van der Waals surface area contributed by atoms with E-state index in [2.05, 4.69) is 17.2 Å². The fourth-order valence-electron chi connectivity index (χ4n) is 1.47. The lowest BCUT2D eigenvalue weighted by Gasteiger charge is -2.11. The Morgan fingerprint density at radius 3 is 3.00 bits per heavy atom. The van der Waals surface area contributed by atoms with Crippen molar-refractivity contribution in [2.24, 2.45) is 5.92 Å². The third-order valence-electron chi connectivity index (χ3n) is 2.55. The smallest absolute Gasteiger partial charge is 0.253 e. The Balaban J connectivity index is 1.91. The number of rotatable bonds is 3. The number of carbonyl (C=O) groups is 1. The van der Waals surface area contributed by atoms with Gasteiger partial charge in [-0.15, -0.1) is 0 Å². The maximum Gasteiger partial charge on any atom is 0.253 e. The fourth-order valence-corrected chi connectivity index (χ4v) is 1.47. The van der Waals surface area contributed by atoms with Crippen molar-refractivity contribution in [2.45, 2.75) is 25.8 Å². The van der Waals surface area contributed by atoms with Crippen LogP contribution in [0.15, 0.2) is 18.5 Å². The second kappa shape index (κ2) is 3.24. The number of aromatic nitrogens is 1. The fraction of sp³-hybridized carbons (Fsp3) is 0.500. The first kappa shape index (κ1) is 8.35. The van der Waals surface area contributed by atoms with Gasteiger partial charge in [0.2, 0.25) is 0 Å². The molecule has 0 radical (unpaired) electrons. The molecule has 1 unspecified atom stereocenters. The lowest BCUT2D eigenvalue weighted by atomic mass is 10.2. The molecule has 3 heteroatoms. The predicted molar refractivity (Wildman–Crippen MR) is 50.4 cm³/mol. The van der Waals surface area contributed by atoms with E-state index in [-0.39, 0.29) is 5.91 Å². The van der Waals surface area contributed by atoms with Gasteiger partial charge in [0.05, 0.1) is 5.56 Å². The maximum atomic E-state index is 11.5. The summed E-state index contributed by atoms with van der Waals surface area (Å²) in [5.74, 6) is 0.739. The Labute approximate surface area is 77.5 Å². The van der Waals surface area contributed by atoms with Crippen LogP contribution >= 0.6 is 0 Å². The van der Waals surface area contributed by atoms with Crippen molar-refractivity contribution in [3.8, 4) is 0 Å². The molecule has 0 bridgehead atoms. The zero-order chi connectivity index (χ0) is 9.26. The number of carbonyl (C=O) groups excluding carboxylic acids is 1. The van der Waals surface area contributed by atoms with Crippen molar-refractivity contribution in [3.05, 3.63) is 24.0 Å². The standard InChI is InChI=1S/C10H14N2O/c1-7(8-2-3-8)12-10(13)9-4-5-11-6-9/h4-8,11H,2-3H2,1H3,(H,12,13). The zero-order valence-corrected chi connectivity index (χ0v) is 7.71. The molecule has 1 fully saturated rings. The van der Waals surface area contributed by atoms with Gasteiger partial charge in [-0.3, -0.25) is 4.79 Å². The van der Waals surface area contributed by atoms with Crippen molar-refractivity contribution in [1.82, 2.24) is 10.3 Å². The summed E-state index contributed by atoms with van der Waals surface area (Å²) in [6.07, 6.45) is 5.99. The van der Waals surface area contributed by atoms with Gasteiger partial charge in [0.25, 0.3) is 5.91 Å². The molecule has 0 saturated heterocycles. The molecule has 2 rings (SSSR count). The van der Waals surface area contributed by atoms with Gasteiger partial charge >= 0.3 is 0 Å². The lowest BCUT2D eigenvalue weighted by Crippen LogP contribution is -2.33. The molecule has 1 aliphatic carbocycles. The number of hydrogen-bond acceptors (Lipinski definition) is 1. The van der Waals surface area contributed by atoms with Gasteiger partial charge in [-0.1, -0.05) is 0 Å². The van der Waals surface area contributed by atoms with Crippen LogP contribution in [0.2, 0.25) is 0 Å². The summed E-state index contributed by atoms with van der Waals surface area (Å²) >= 11 is 0. The topological polar surface area (TPSA) is 44.9 Å². The van der Waals surface area contributed by atoms with Gasteiger partial charge in [0, 0.05) is 18.4 Å². The predicted octanol–water partition coefficient (Wildman–Crippen LogP) is 1.54. The number of nitrogens with one attached hydrogen (secondary N) is 2. The highest BCUT2D eigenvalue weighted by Crippen LogP contribution is 2.32. The molecule has 13 heavy (non-hydrogen) atoms. The van der Waals surface area contributed by atoms with E-state index in [9.17, 15) is 4.79 Å². The van der Waals surface area contributed by atoms with E-state index in [1.54, 1.807) is 18.5 Å². The summed E-state index contributed by atoms with van der Waals surface area (Å²) < 4.78 is 0. The molecule has 2 N–H and O–H groups in total. The summed E-state index contributed by atoms with van der Waals surface area (Å²) in [5.41, 5.74) is 0.715. The lowest BCUT2D eigenvalue weighted by molar-refractivity contribution is 0.0936. The normalized spacial score (nSPS) is 18.2. The van der Waals surface area contributed by atoms with E-state index < -0.39 is 0 Å². The summed E-state index contributed by atoms with van der Waals surface area (Å²) in [6, 6.07) is 2.11. The van der Waals surface area contributed by atoms with Crippen molar-refractivity contribution in [3.63, 3.8) is 0 Å². The van der Waals surface area contributed by atoms with Gasteiger partial charge in [-0.25, -0.2) is 0 Å². The molecule has 0 spiro atoms. The number of H-pyrrole nitrogens is 1. The van der Waals surface area contributed by atoms with E-state index in [0.29, 0.717) is 17.5 Å². The van der Waals surface area contributed by atoms with Gasteiger partial charge in [0.1, 0.15) is 0 Å². The second-order valence-corrected chi connectivity index (χ2v) is 3.70. The number of aromatic amines is 1. The van der Waals surface area contributed by atoms with Crippen LogP contribution in [-0.2, 0) is 0 Å². The summed E-state index contributed by atoms with van der Waals surface area (Å²) in [5, 5.41) is 2.99. The molecule has 0 aliphatic heterocycles. The third kappa shape index (κ3) is 1.91. The molecule has 70 valence electrons. The SMILES string of the molecule is CC(NC(=O)c1cc[nH]c1)C1CC1. The Morgan fingerprint density at radius 1 is 1.69 bits per heavy atom. The second-order valence-electron chi connectivity index (χ2n) is 3.70. The Kier molecular flexibility index (Phi) is 2.08. The van der Waals surface area contributed by atoms with E-state index in [1.807, 2.05) is 0 Å². The first-order valence-electron chi connectivity index (χ1n) is 4.71. The number of hydrogen-bond donors (Lipinski definition) is 2. The molecule has 1 heterocycles. The van der Waals surface area contributed by atoms with Crippen LogP contribution in [0.25, 0.3) is 0 Å². The molecular formula is C10H14N2O. The van der Waals surface area contributed by atoms with E-state index in [0.717, 1.165) is 0 Å². The Hall–Kier alpha value is -1.25. The molecule has 1 aromatic heterocycles. The zero-order valence-electron chi connectivity index (χ0n) is 7.71. The van der Waals surface area contributed by atoms with Crippen LogP contribution in [0.3, 0.4) is 0 Å². The highest BCUT2D eigenvalue weighted by Gasteiger charge is 2.28. The molecule has 1 aliphatic rings. The van der Waals surface area contributed by atoms with Crippen molar-refractivity contribution >= 4 is 5.91 Å². The highest BCUT2D eigenvalue weighted by atomic mass is 16.1. The third-order valence-corrected chi connectivity index (χ3v) is 2.55. The van der Waals surface area contributed by atoms with Crippen molar-refractivity contribution in [2.75, 3.05) is 0 Å². The molecule has 3 nitrogen and oxygen atoms in total. The average Bonchev–Trinajstić information content (AvgIpc) is 2.81. The minimum atomic E-state index is 0.0284. The molecule has 1 aromatic rings. The van der Waals surface area contributed by atoms with Gasteiger partial charge in [-0.2, -0.15) is 0 Å². The van der Waals surface area contributed by atoms with E-state index >= 15 is 0 Å². The molecular weight excluding hydrogens is 164 g/mol. The van der Waals surface area contributed by atoms with Crippen LogP contribution in [0.4, 0.5) is 0 Å². The summed E-state index contributed by atoms with van der Waals surface area (Å²) in [6.45, 7) is 2.07. The van der Waals surface area contributed by atoms with Gasteiger partial charge in [0.15, 0.2) is 0 Å². The van der Waals surface area contributed by atoms with E-state index in [1.165, 1.54) is 12.8 Å². The van der Waals surface area contributed by atoms with Crippen LogP contribution in [-0.4, -0.2) is 16.9 Å². The molecule has 1 saturated carbocycles. The average molecular weight is 178 g/mol. The first-order valence-corrected chi connectivity index (χ1v) is 4.71. The van der Waals surface area contributed by atoms with Gasteiger partial charge < -0.3 is 10.3 Å². The molecule has 0 aromatic carbocycles. The van der Waals surface area contributed by atoms with E-state index in [4.69, 9.17) is 0 Å². The largest absolute Gasteiger partial charge is 0.367 e. The summed E-state index contributed by atoms with van der Waals surface area (Å²) in [4.78, 5) is 14.4. The first-order chi connectivity index (χ1) is 6.27. The van der Waals surface area contributed by atoms with Crippen LogP contribution < -0.4 is 5.32 Å². The quantitative estimate of drug-likeness (QED) is 0.724. The minimum absolute atomic E-state index is 0.0284. The monoisotopic (exact) mass is 178 g/mol. The molecule has 1 amide bonds. The summed E-state index contributed by atoms with van der Waals surface area (Å²) in [7, 11) is 0. The maximum absolute atomic E-state index is 11.5. The minimum Gasteiger partial charge on any atom is -0.367 e.